The van der Waals surface area contributed by atoms with Gasteiger partial charge in [-0.2, -0.15) is 0 Å². The molecule has 3 aromatic rings. The largest absolute Gasteiger partial charge is 0.322 e. The minimum atomic E-state index is 0.556. The van der Waals surface area contributed by atoms with Crippen molar-refractivity contribution in [1.29, 1.82) is 0 Å². The highest BCUT2D eigenvalue weighted by Gasteiger charge is 2.12. The van der Waals surface area contributed by atoms with E-state index in [0.717, 1.165) is 37.3 Å². The Morgan fingerprint density at radius 1 is 0.957 bits per heavy atom. The van der Waals surface area contributed by atoms with Crippen molar-refractivity contribution in [3.8, 4) is 0 Å². The molecule has 0 aliphatic carbocycles. The lowest BCUT2D eigenvalue weighted by Gasteiger charge is -2.15. The molecule has 1 heterocycles. The number of rotatable bonds is 7. The van der Waals surface area contributed by atoms with Gasteiger partial charge >= 0.3 is 0 Å². The van der Waals surface area contributed by atoms with Crippen LogP contribution in [0.2, 0.25) is 0 Å². The third kappa shape index (κ3) is 3.62. The molecule has 0 aliphatic rings. The SMILES string of the molecule is CCC(CC)NCc1nc2ccccc2n1Cc1ccccc1. The van der Waals surface area contributed by atoms with Gasteiger partial charge in [0, 0.05) is 12.6 Å². The minimum Gasteiger partial charge on any atom is -0.322 e. The van der Waals surface area contributed by atoms with Gasteiger partial charge in [-0.1, -0.05) is 56.3 Å². The van der Waals surface area contributed by atoms with Crippen LogP contribution in [-0.2, 0) is 13.1 Å². The van der Waals surface area contributed by atoms with E-state index < -0.39 is 0 Å². The Hall–Kier alpha value is -2.13. The van der Waals surface area contributed by atoms with E-state index in [1.807, 2.05) is 0 Å². The van der Waals surface area contributed by atoms with Crippen LogP contribution in [0.4, 0.5) is 0 Å². The van der Waals surface area contributed by atoms with E-state index in [0.29, 0.717) is 6.04 Å². The summed E-state index contributed by atoms with van der Waals surface area (Å²) in [7, 11) is 0. The van der Waals surface area contributed by atoms with Crippen molar-refractivity contribution in [3.05, 3.63) is 66.0 Å². The monoisotopic (exact) mass is 307 g/mol. The summed E-state index contributed by atoms with van der Waals surface area (Å²) in [6.45, 7) is 6.14. The van der Waals surface area contributed by atoms with Gasteiger partial charge in [-0.3, -0.25) is 0 Å². The molecule has 3 nitrogen and oxygen atoms in total. The van der Waals surface area contributed by atoms with Crippen molar-refractivity contribution in [2.24, 2.45) is 0 Å². The van der Waals surface area contributed by atoms with Crippen LogP contribution in [0.25, 0.3) is 11.0 Å². The highest BCUT2D eigenvalue weighted by Crippen LogP contribution is 2.18. The van der Waals surface area contributed by atoms with Crippen LogP contribution in [-0.4, -0.2) is 15.6 Å². The Morgan fingerprint density at radius 3 is 2.39 bits per heavy atom. The van der Waals surface area contributed by atoms with E-state index in [9.17, 15) is 0 Å². The van der Waals surface area contributed by atoms with Crippen molar-refractivity contribution < 1.29 is 0 Å². The lowest BCUT2D eigenvalue weighted by Crippen LogP contribution is -2.28. The minimum absolute atomic E-state index is 0.556. The second kappa shape index (κ2) is 7.42. The maximum atomic E-state index is 4.85. The average Bonchev–Trinajstić information content (AvgIpc) is 2.95. The van der Waals surface area contributed by atoms with Gasteiger partial charge in [-0.15, -0.1) is 0 Å². The molecular weight excluding hydrogens is 282 g/mol. The maximum absolute atomic E-state index is 4.85. The molecule has 0 atom stereocenters. The fourth-order valence-corrected chi connectivity index (χ4v) is 3.02. The quantitative estimate of drug-likeness (QED) is 0.702. The van der Waals surface area contributed by atoms with Crippen LogP contribution in [0.1, 0.15) is 38.1 Å². The lowest BCUT2D eigenvalue weighted by atomic mass is 10.2. The third-order valence-electron chi connectivity index (χ3n) is 4.45. The van der Waals surface area contributed by atoms with Crippen molar-refractivity contribution >= 4 is 11.0 Å². The van der Waals surface area contributed by atoms with Crippen LogP contribution in [0.3, 0.4) is 0 Å². The second-order valence-corrected chi connectivity index (χ2v) is 5.98. The van der Waals surface area contributed by atoms with Crippen molar-refractivity contribution in [2.75, 3.05) is 0 Å². The predicted molar refractivity (Wildman–Crippen MR) is 96.5 cm³/mol. The first kappa shape index (κ1) is 15.8. The van der Waals surface area contributed by atoms with E-state index in [1.54, 1.807) is 0 Å². The van der Waals surface area contributed by atoms with E-state index >= 15 is 0 Å². The molecule has 0 amide bonds. The standard InChI is InChI=1S/C20H25N3/c1-3-17(4-2)21-14-20-22-18-12-8-9-13-19(18)23(20)15-16-10-6-5-7-11-16/h5-13,17,21H,3-4,14-15H2,1-2H3. The van der Waals surface area contributed by atoms with Gasteiger partial charge in [0.25, 0.3) is 0 Å². The molecule has 0 saturated carbocycles. The summed E-state index contributed by atoms with van der Waals surface area (Å²) in [5.41, 5.74) is 3.59. The summed E-state index contributed by atoms with van der Waals surface area (Å²) in [5, 5.41) is 3.64. The number of nitrogens with zero attached hydrogens (tertiary/aromatic N) is 2. The van der Waals surface area contributed by atoms with Gasteiger partial charge in [0.1, 0.15) is 5.82 Å². The molecule has 0 unspecified atom stereocenters. The highest BCUT2D eigenvalue weighted by molar-refractivity contribution is 5.76. The Balaban J connectivity index is 1.91. The van der Waals surface area contributed by atoms with Crippen LogP contribution >= 0.6 is 0 Å². The van der Waals surface area contributed by atoms with E-state index in [4.69, 9.17) is 4.98 Å². The summed E-state index contributed by atoms with van der Waals surface area (Å²) in [6, 6.07) is 19.5. The van der Waals surface area contributed by atoms with Crippen LogP contribution in [0, 0.1) is 0 Å². The summed E-state index contributed by atoms with van der Waals surface area (Å²) in [6.07, 6.45) is 2.30. The van der Waals surface area contributed by atoms with E-state index in [1.165, 1.54) is 11.1 Å². The molecule has 0 fully saturated rings. The molecule has 0 aliphatic heterocycles. The number of fused-ring (bicyclic) bond motifs is 1. The highest BCUT2D eigenvalue weighted by atomic mass is 15.1. The molecule has 23 heavy (non-hydrogen) atoms. The summed E-state index contributed by atoms with van der Waals surface area (Å²) < 4.78 is 2.33. The lowest BCUT2D eigenvalue weighted by molar-refractivity contribution is 0.470. The molecule has 1 N–H and O–H groups in total. The zero-order valence-corrected chi connectivity index (χ0v) is 14.0. The van der Waals surface area contributed by atoms with Crippen molar-refractivity contribution in [2.45, 2.75) is 45.8 Å². The molecule has 1 aromatic heterocycles. The molecule has 3 heteroatoms. The van der Waals surface area contributed by atoms with Crippen molar-refractivity contribution in [3.63, 3.8) is 0 Å². The Kier molecular flexibility index (Phi) is 5.09. The summed E-state index contributed by atoms with van der Waals surface area (Å²) in [5.74, 6) is 1.11. The number of nitrogens with one attached hydrogen (secondary N) is 1. The summed E-state index contributed by atoms with van der Waals surface area (Å²) >= 11 is 0. The van der Waals surface area contributed by atoms with Gasteiger partial charge in [-0.05, 0) is 30.5 Å². The van der Waals surface area contributed by atoms with Gasteiger partial charge in [0.2, 0.25) is 0 Å². The number of aromatic nitrogens is 2. The van der Waals surface area contributed by atoms with Crippen LogP contribution in [0.15, 0.2) is 54.6 Å². The number of imidazole rings is 1. The van der Waals surface area contributed by atoms with Gasteiger partial charge < -0.3 is 9.88 Å². The van der Waals surface area contributed by atoms with E-state index in [2.05, 4.69) is 78.3 Å². The van der Waals surface area contributed by atoms with Crippen molar-refractivity contribution in [1.82, 2.24) is 14.9 Å². The molecule has 0 bridgehead atoms. The molecular formula is C20H25N3. The van der Waals surface area contributed by atoms with E-state index in [-0.39, 0.29) is 0 Å². The zero-order valence-electron chi connectivity index (χ0n) is 14.0. The van der Waals surface area contributed by atoms with Crippen LogP contribution < -0.4 is 5.32 Å². The predicted octanol–water partition coefficient (Wildman–Crippen LogP) is 4.36. The van der Waals surface area contributed by atoms with Gasteiger partial charge in [-0.25, -0.2) is 4.98 Å². The maximum Gasteiger partial charge on any atom is 0.124 e. The Morgan fingerprint density at radius 2 is 1.65 bits per heavy atom. The third-order valence-corrected chi connectivity index (χ3v) is 4.45. The first-order valence-electron chi connectivity index (χ1n) is 8.53. The van der Waals surface area contributed by atoms with Gasteiger partial charge in [0.15, 0.2) is 0 Å². The first-order chi connectivity index (χ1) is 11.3. The Labute approximate surface area is 138 Å². The number of para-hydroxylation sites is 2. The first-order valence-corrected chi connectivity index (χ1v) is 8.53. The second-order valence-electron chi connectivity index (χ2n) is 5.98. The normalized spacial score (nSPS) is 11.4. The smallest absolute Gasteiger partial charge is 0.124 e. The fourth-order valence-electron chi connectivity index (χ4n) is 3.02. The average molecular weight is 307 g/mol. The van der Waals surface area contributed by atoms with Gasteiger partial charge in [0.05, 0.1) is 17.6 Å². The molecule has 3 rings (SSSR count). The molecule has 0 saturated heterocycles. The molecule has 0 spiro atoms. The number of hydrogen-bond acceptors (Lipinski definition) is 2. The molecule has 2 aromatic carbocycles. The molecule has 120 valence electrons. The zero-order chi connectivity index (χ0) is 16.1. The molecule has 0 radical (unpaired) electrons. The Bertz CT molecular complexity index is 742. The number of hydrogen-bond donors (Lipinski definition) is 1. The van der Waals surface area contributed by atoms with Crippen LogP contribution in [0.5, 0.6) is 0 Å². The topological polar surface area (TPSA) is 29.9 Å². The fraction of sp³-hybridized carbons (Fsp3) is 0.350. The number of benzene rings is 2. The summed E-state index contributed by atoms with van der Waals surface area (Å²) in [4.78, 5) is 4.85.